The summed E-state index contributed by atoms with van der Waals surface area (Å²) in [6.45, 7) is 4.52. The molecule has 1 heterocycles. The van der Waals surface area contributed by atoms with Gasteiger partial charge in [-0.25, -0.2) is 9.79 Å². The molecule has 0 aliphatic rings. The third-order valence-electron chi connectivity index (χ3n) is 3.88. The molecule has 0 unspecified atom stereocenters. The van der Waals surface area contributed by atoms with E-state index in [0.29, 0.717) is 18.2 Å². The number of aliphatic imine (C=N–C) groups is 1. The first kappa shape index (κ1) is 21.5. The fourth-order valence-electron chi connectivity index (χ4n) is 2.30. The van der Waals surface area contributed by atoms with Crippen molar-refractivity contribution in [3.8, 4) is 5.88 Å². The summed E-state index contributed by atoms with van der Waals surface area (Å²) < 4.78 is 1.87. The van der Waals surface area contributed by atoms with Crippen LogP contribution < -0.4 is 16.6 Å². The zero-order chi connectivity index (χ0) is 20.8. The van der Waals surface area contributed by atoms with Crippen LogP contribution >= 0.6 is 11.8 Å². The van der Waals surface area contributed by atoms with Crippen molar-refractivity contribution >= 4 is 28.4 Å². The zero-order valence-electron chi connectivity index (χ0n) is 16.3. The summed E-state index contributed by atoms with van der Waals surface area (Å²) in [5.41, 5.74) is -0.881. The number of aromatic hydroxyl groups is 1. The van der Waals surface area contributed by atoms with E-state index in [1.807, 2.05) is 19.9 Å². The van der Waals surface area contributed by atoms with Crippen molar-refractivity contribution in [2.24, 2.45) is 25.0 Å². The second-order valence-corrected chi connectivity index (χ2v) is 7.61. The molecule has 9 heteroatoms. The Bertz CT molecular complexity index is 993. The van der Waals surface area contributed by atoms with E-state index in [1.165, 1.54) is 14.1 Å². The molecule has 2 aromatic rings. The van der Waals surface area contributed by atoms with Crippen molar-refractivity contribution in [2.45, 2.75) is 13.8 Å². The number of carbonyl (C=O) groups excluding carboxylic acids is 1. The first-order valence-electron chi connectivity index (χ1n) is 8.75. The van der Waals surface area contributed by atoms with Crippen LogP contribution in [-0.2, 0) is 18.9 Å². The Morgan fingerprint density at radius 1 is 1.18 bits per heavy atom. The summed E-state index contributed by atoms with van der Waals surface area (Å²) in [5.74, 6) is -0.367. The molecule has 1 aromatic carbocycles. The Morgan fingerprint density at radius 2 is 1.82 bits per heavy atom. The molecule has 2 N–H and O–H groups in total. The monoisotopic (exact) mass is 404 g/mol. The number of hydrogen-bond acceptors (Lipinski definition) is 6. The van der Waals surface area contributed by atoms with E-state index in [4.69, 9.17) is 0 Å². The molecule has 0 saturated heterocycles. The third-order valence-corrected chi connectivity index (χ3v) is 4.86. The van der Waals surface area contributed by atoms with Gasteiger partial charge in [-0.15, -0.1) is 0 Å². The Kier molecular flexibility index (Phi) is 7.22. The van der Waals surface area contributed by atoms with Gasteiger partial charge in [0, 0.05) is 20.6 Å². The van der Waals surface area contributed by atoms with Gasteiger partial charge in [-0.2, -0.15) is 0 Å². The molecule has 150 valence electrons. The number of para-hydroxylation sites is 1. The second kappa shape index (κ2) is 9.41. The fraction of sp³-hybridized carbons (Fsp3) is 0.368. The molecule has 28 heavy (non-hydrogen) atoms. The van der Waals surface area contributed by atoms with Gasteiger partial charge in [0.2, 0.25) is 11.8 Å². The van der Waals surface area contributed by atoms with E-state index in [1.54, 1.807) is 24.3 Å². The number of nitrogens with one attached hydrogen (secondary N) is 1. The molecule has 1 amide bonds. The highest BCUT2D eigenvalue weighted by atomic mass is 32.2. The van der Waals surface area contributed by atoms with Crippen molar-refractivity contribution in [3.63, 3.8) is 0 Å². The van der Waals surface area contributed by atoms with Crippen LogP contribution in [0, 0.1) is 5.92 Å². The highest BCUT2D eigenvalue weighted by Crippen LogP contribution is 2.22. The lowest BCUT2D eigenvalue weighted by atomic mass is 10.2. The molecule has 0 bridgehead atoms. The van der Waals surface area contributed by atoms with Crippen LogP contribution in [0.4, 0.5) is 5.69 Å². The van der Waals surface area contributed by atoms with Gasteiger partial charge in [0.15, 0.2) is 0 Å². The van der Waals surface area contributed by atoms with Crippen LogP contribution in [0.25, 0.3) is 0 Å². The Hall–Kier alpha value is -2.81. The second-order valence-electron chi connectivity index (χ2n) is 6.64. The molecule has 0 fully saturated rings. The normalized spacial score (nSPS) is 11.7. The van der Waals surface area contributed by atoms with Crippen LogP contribution in [0.3, 0.4) is 0 Å². The fourth-order valence-corrected chi connectivity index (χ4v) is 3.17. The number of aromatic nitrogens is 2. The van der Waals surface area contributed by atoms with E-state index < -0.39 is 17.1 Å². The third kappa shape index (κ3) is 5.13. The molecule has 0 radical (unpaired) electrons. The highest BCUT2D eigenvalue weighted by molar-refractivity contribution is 8.15. The van der Waals surface area contributed by atoms with Crippen molar-refractivity contribution in [2.75, 3.05) is 12.3 Å². The van der Waals surface area contributed by atoms with Gasteiger partial charge in [0.05, 0.1) is 11.4 Å². The minimum absolute atomic E-state index is 0.0177. The van der Waals surface area contributed by atoms with Crippen molar-refractivity contribution in [1.29, 1.82) is 0 Å². The maximum atomic E-state index is 12.6. The van der Waals surface area contributed by atoms with E-state index in [9.17, 15) is 19.5 Å². The predicted molar refractivity (Wildman–Crippen MR) is 112 cm³/mol. The predicted octanol–water partition coefficient (Wildman–Crippen LogP) is 1.37. The summed E-state index contributed by atoms with van der Waals surface area (Å²) in [6.07, 6.45) is 0. The quantitative estimate of drug-likeness (QED) is 0.559. The van der Waals surface area contributed by atoms with Gasteiger partial charge in [0.25, 0.3) is 5.56 Å². The zero-order valence-corrected chi connectivity index (χ0v) is 17.1. The van der Waals surface area contributed by atoms with Gasteiger partial charge < -0.3 is 10.4 Å². The van der Waals surface area contributed by atoms with Gasteiger partial charge in [-0.05, 0) is 18.1 Å². The molecule has 8 nitrogen and oxygen atoms in total. The molecular weight excluding hydrogens is 380 g/mol. The van der Waals surface area contributed by atoms with Crippen molar-refractivity contribution in [3.05, 3.63) is 56.7 Å². The first-order chi connectivity index (χ1) is 13.2. The van der Waals surface area contributed by atoms with Crippen LogP contribution in [-0.4, -0.2) is 37.5 Å². The summed E-state index contributed by atoms with van der Waals surface area (Å²) in [7, 11) is 2.69. The molecule has 0 atom stereocenters. The summed E-state index contributed by atoms with van der Waals surface area (Å²) in [5, 5.41) is 13.4. The van der Waals surface area contributed by atoms with E-state index in [0.717, 1.165) is 20.9 Å². The van der Waals surface area contributed by atoms with Gasteiger partial charge >= 0.3 is 5.69 Å². The molecule has 0 aliphatic carbocycles. The number of nitrogens with zero attached hydrogens (tertiary/aromatic N) is 3. The molecular formula is C19H24N4O4S. The molecule has 0 aliphatic heterocycles. The first-order valence-corrected chi connectivity index (χ1v) is 9.73. The number of carbonyl (C=O) groups is 1. The highest BCUT2D eigenvalue weighted by Gasteiger charge is 2.21. The van der Waals surface area contributed by atoms with Crippen LogP contribution in [0.2, 0.25) is 0 Å². The minimum atomic E-state index is -0.676. The van der Waals surface area contributed by atoms with E-state index in [-0.39, 0.29) is 22.3 Å². The van der Waals surface area contributed by atoms with Crippen LogP contribution in [0.15, 0.2) is 44.9 Å². The topological polar surface area (TPSA) is 106 Å². The van der Waals surface area contributed by atoms with E-state index in [2.05, 4.69) is 10.3 Å². The standard InChI is InChI=1S/C19H24N4O4S/c1-12(2)10-20-14(24)11-28-16(21-13-8-6-5-7-9-13)15-17(25)22(3)19(27)23(4)18(15)26/h5-9,12,25H,10-11H2,1-4H3,(H,20,24). The number of benzene rings is 1. The lowest BCUT2D eigenvalue weighted by Gasteiger charge is -2.13. The summed E-state index contributed by atoms with van der Waals surface area (Å²) in [4.78, 5) is 41.2. The van der Waals surface area contributed by atoms with Gasteiger partial charge in [-0.3, -0.25) is 18.7 Å². The average Bonchev–Trinajstić information content (AvgIpc) is 2.68. The molecule has 1 aromatic heterocycles. The smallest absolute Gasteiger partial charge is 0.333 e. The number of hydrogen-bond donors (Lipinski definition) is 2. The van der Waals surface area contributed by atoms with Gasteiger partial charge in [-0.1, -0.05) is 43.8 Å². The maximum absolute atomic E-state index is 12.6. The summed E-state index contributed by atoms with van der Waals surface area (Å²) in [6, 6.07) is 8.88. The summed E-state index contributed by atoms with van der Waals surface area (Å²) >= 11 is 1.03. The van der Waals surface area contributed by atoms with E-state index >= 15 is 0 Å². The minimum Gasteiger partial charge on any atom is -0.494 e. The Labute approximate surface area is 166 Å². The van der Waals surface area contributed by atoms with Gasteiger partial charge in [0.1, 0.15) is 10.6 Å². The Balaban J connectivity index is 2.47. The van der Waals surface area contributed by atoms with Crippen molar-refractivity contribution < 1.29 is 9.90 Å². The number of rotatable bonds is 6. The van der Waals surface area contributed by atoms with Crippen molar-refractivity contribution in [1.82, 2.24) is 14.5 Å². The largest absolute Gasteiger partial charge is 0.494 e. The number of amides is 1. The SMILES string of the molecule is CC(C)CNC(=O)CSC(=Nc1ccccc1)c1c(O)n(C)c(=O)n(C)c1=O. The lowest BCUT2D eigenvalue weighted by molar-refractivity contribution is -0.118. The average molecular weight is 404 g/mol. The molecule has 0 spiro atoms. The molecule has 0 saturated carbocycles. The number of thioether (sulfide) groups is 1. The lowest BCUT2D eigenvalue weighted by Crippen LogP contribution is -2.40. The Morgan fingerprint density at radius 3 is 2.43 bits per heavy atom. The van der Waals surface area contributed by atoms with Crippen LogP contribution in [0.5, 0.6) is 5.88 Å². The van der Waals surface area contributed by atoms with Crippen LogP contribution in [0.1, 0.15) is 19.4 Å². The molecule has 2 rings (SSSR count). The maximum Gasteiger partial charge on any atom is 0.333 e.